The molecule has 114 valence electrons. The van der Waals surface area contributed by atoms with Gasteiger partial charge in [-0.25, -0.2) is 0 Å². The minimum Gasteiger partial charge on any atom is -0.378 e. The van der Waals surface area contributed by atoms with Crippen LogP contribution in [0.4, 0.5) is 0 Å². The number of nitrogens with one attached hydrogen (secondary N) is 1. The third-order valence-corrected chi connectivity index (χ3v) is 4.64. The highest BCUT2D eigenvalue weighted by Gasteiger charge is 2.40. The van der Waals surface area contributed by atoms with Gasteiger partial charge >= 0.3 is 0 Å². The summed E-state index contributed by atoms with van der Waals surface area (Å²) in [6.45, 7) is 2.27. The van der Waals surface area contributed by atoms with Crippen molar-refractivity contribution in [3.63, 3.8) is 0 Å². The Morgan fingerprint density at radius 1 is 1.10 bits per heavy atom. The SMILES string of the molecule is O=C(CCC1CCCO1)NC1CCC2(CC1)OCCO2. The van der Waals surface area contributed by atoms with Crippen molar-refractivity contribution in [2.45, 2.75) is 69.3 Å². The van der Waals surface area contributed by atoms with Gasteiger partial charge in [-0.2, -0.15) is 0 Å². The van der Waals surface area contributed by atoms with Crippen molar-refractivity contribution < 1.29 is 19.0 Å². The van der Waals surface area contributed by atoms with Crippen LogP contribution in [0.3, 0.4) is 0 Å². The highest BCUT2D eigenvalue weighted by Crippen LogP contribution is 2.35. The van der Waals surface area contributed by atoms with Crippen LogP contribution in [-0.2, 0) is 19.0 Å². The summed E-state index contributed by atoms with van der Waals surface area (Å²) in [5.74, 6) is -0.173. The van der Waals surface area contributed by atoms with E-state index in [1.807, 2.05) is 0 Å². The lowest BCUT2D eigenvalue weighted by Gasteiger charge is -2.35. The molecule has 1 unspecified atom stereocenters. The summed E-state index contributed by atoms with van der Waals surface area (Å²) in [6, 6.07) is 0.283. The van der Waals surface area contributed by atoms with Crippen LogP contribution in [0.15, 0.2) is 0 Å². The molecule has 2 heterocycles. The first-order valence-corrected chi connectivity index (χ1v) is 7.95. The molecule has 1 amide bonds. The van der Waals surface area contributed by atoms with E-state index in [2.05, 4.69) is 5.32 Å². The van der Waals surface area contributed by atoms with Crippen LogP contribution in [0.1, 0.15) is 51.4 Å². The fraction of sp³-hybridized carbons (Fsp3) is 0.933. The van der Waals surface area contributed by atoms with Gasteiger partial charge in [-0.3, -0.25) is 4.79 Å². The largest absolute Gasteiger partial charge is 0.378 e. The number of hydrogen-bond donors (Lipinski definition) is 1. The molecule has 3 rings (SSSR count). The average Bonchev–Trinajstić information content (AvgIpc) is 3.12. The fourth-order valence-electron chi connectivity index (χ4n) is 3.45. The zero-order chi connectivity index (χ0) is 13.8. The molecule has 3 fully saturated rings. The first-order chi connectivity index (χ1) is 9.76. The van der Waals surface area contributed by atoms with Crippen molar-refractivity contribution >= 4 is 5.91 Å². The molecule has 1 saturated carbocycles. The summed E-state index contributed by atoms with van der Waals surface area (Å²) >= 11 is 0. The highest BCUT2D eigenvalue weighted by atomic mass is 16.7. The molecule has 5 nitrogen and oxygen atoms in total. The van der Waals surface area contributed by atoms with Gasteiger partial charge in [0.05, 0.1) is 19.3 Å². The Balaban J connectivity index is 1.35. The van der Waals surface area contributed by atoms with E-state index in [0.717, 1.165) is 51.6 Å². The maximum Gasteiger partial charge on any atom is 0.220 e. The van der Waals surface area contributed by atoms with Crippen LogP contribution >= 0.6 is 0 Å². The predicted octanol–water partition coefficient (Wildman–Crippen LogP) is 1.75. The summed E-state index contributed by atoms with van der Waals surface area (Å²) < 4.78 is 16.9. The third kappa shape index (κ3) is 3.51. The van der Waals surface area contributed by atoms with Gasteiger partial charge in [0.2, 0.25) is 5.91 Å². The van der Waals surface area contributed by atoms with Crippen molar-refractivity contribution in [3.8, 4) is 0 Å². The number of carbonyl (C=O) groups is 1. The third-order valence-electron chi connectivity index (χ3n) is 4.64. The van der Waals surface area contributed by atoms with Crippen LogP contribution in [0.25, 0.3) is 0 Å². The van der Waals surface area contributed by atoms with Gasteiger partial charge in [0.1, 0.15) is 0 Å². The van der Waals surface area contributed by atoms with E-state index in [9.17, 15) is 4.79 Å². The van der Waals surface area contributed by atoms with E-state index in [1.54, 1.807) is 0 Å². The summed E-state index contributed by atoms with van der Waals surface area (Å²) in [6.07, 6.45) is 7.67. The zero-order valence-electron chi connectivity index (χ0n) is 12.1. The lowest BCUT2D eigenvalue weighted by atomic mass is 9.90. The normalized spacial score (nSPS) is 29.9. The topological polar surface area (TPSA) is 56.8 Å². The lowest BCUT2D eigenvalue weighted by molar-refractivity contribution is -0.180. The predicted molar refractivity (Wildman–Crippen MR) is 73.2 cm³/mol. The Bertz CT molecular complexity index is 325. The quantitative estimate of drug-likeness (QED) is 0.854. The highest BCUT2D eigenvalue weighted by molar-refractivity contribution is 5.76. The Kier molecular flexibility index (Phi) is 4.58. The first kappa shape index (κ1) is 14.3. The molecule has 3 aliphatic rings. The van der Waals surface area contributed by atoms with Gasteiger partial charge in [-0.1, -0.05) is 0 Å². The smallest absolute Gasteiger partial charge is 0.220 e. The second-order valence-electron chi connectivity index (χ2n) is 6.12. The molecule has 5 heteroatoms. The second kappa shape index (κ2) is 6.41. The summed E-state index contributed by atoms with van der Waals surface area (Å²) in [4.78, 5) is 12.0. The molecule has 2 saturated heterocycles. The Labute approximate surface area is 120 Å². The van der Waals surface area contributed by atoms with Gasteiger partial charge in [-0.15, -0.1) is 0 Å². The maximum absolute atomic E-state index is 12.0. The van der Waals surface area contributed by atoms with Crippen LogP contribution in [0.2, 0.25) is 0 Å². The van der Waals surface area contributed by atoms with Crippen LogP contribution in [0, 0.1) is 0 Å². The summed E-state index contributed by atoms with van der Waals surface area (Å²) in [7, 11) is 0. The molecular weight excluding hydrogens is 258 g/mol. The molecule has 2 aliphatic heterocycles. The van der Waals surface area contributed by atoms with Gasteiger partial charge < -0.3 is 19.5 Å². The molecule has 0 radical (unpaired) electrons. The second-order valence-corrected chi connectivity index (χ2v) is 6.12. The molecule has 0 aromatic heterocycles. The van der Waals surface area contributed by atoms with Crippen molar-refractivity contribution in [3.05, 3.63) is 0 Å². The van der Waals surface area contributed by atoms with E-state index in [0.29, 0.717) is 25.7 Å². The van der Waals surface area contributed by atoms with Gasteiger partial charge in [0, 0.05) is 31.9 Å². The molecule has 0 bridgehead atoms. The molecule has 20 heavy (non-hydrogen) atoms. The van der Waals surface area contributed by atoms with Crippen molar-refractivity contribution in [2.24, 2.45) is 0 Å². The number of hydrogen-bond acceptors (Lipinski definition) is 4. The van der Waals surface area contributed by atoms with Gasteiger partial charge in [0.25, 0.3) is 0 Å². The summed E-state index contributed by atoms with van der Waals surface area (Å²) in [5.41, 5.74) is 0. The molecule has 1 spiro atoms. The Hall–Kier alpha value is -0.650. The standard InChI is InChI=1S/C15H25NO4/c17-14(4-3-13-2-1-9-18-13)16-12-5-7-15(8-6-12)19-10-11-20-15/h12-13H,1-11H2,(H,16,17). The minimum atomic E-state index is -0.334. The van der Waals surface area contributed by atoms with Crippen molar-refractivity contribution in [1.29, 1.82) is 0 Å². The maximum atomic E-state index is 12.0. The van der Waals surface area contributed by atoms with E-state index in [-0.39, 0.29) is 17.7 Å². The van der Waals surface area contributed by atoms with Crippen molar-refractivity contribution in [2.75, 3.05) is 19.8 Å². The van der Waals surface area contributed by atoms with Crippen LogP contribution < -0.4 is 5.32 Å². The number of rotatable bonds is 4. The monoisotopic (exact) mass is 283 g/mol. The molecule has 0 aromatic rings. The minimum absolute atomic E-state index is 0.162. The number of amides is 1. The molecular formula is C15H25NO4. The number of carbonyl (C=O) groups excluding carboxylic acids is 1. The van der Waals surface area contributed by atoms with Crippen molar-refractivity contribution in [1.82, 2.24) is 5.32 Å². The van der Waals surface area contributed by atoms with Crippen LogP contribution in [-0.4, -0.2) is 43.7 Å². The summed E-state index contributed by atoms with van der Waals surface area (Å²) in [5, 5.41) is 3.14. The van der Waals surface area contributed by atoms with E-state index in [1.165, 1.54) is 0 Å². The molecule has 1 atom stereocenters. The number of ether oxygens (including phenoxy) is 3. The van der Waals surface area contributed by atoms with Gasteiger partial charge in [0.15, 0.2) is 5.79 Å². The fourth-order valence-corrected chi connectivity index (χ4v) is 3.45. The molecule has 1 aliphatic carbocycles. The zero-order valence-corrected chi connectivity index (χ0v) is 12.1. The molecule has 0 aromatic carbocycles. The van der Waals surface area contributed by atoms with E-state index < -0.39 is 0 Å². The molecule has 1 N–H and O–H groups in total. The van der Waals surface area contributed by atoms with E-state index >= 15 is 0 Å². The van der Waals surface area contributed by atoms with Gasteiger partial charge in [-0.05, 0) is 32.1 Å². The Morgan fingerprint density at radius 3 is 2.50 bits per heavy atom. The lowest BCUT2D eigenvalue weighted by Crippen LogP contribution is -2.44. The van der Waals surface area contributed by atoms with Crippen LogP contribution in [0.5, 0.6) is 0 Å². The average molecular weight is 283 g/mol. The first-order valence-electron chi connectivity index (χ1n) is 7.95. The Morgan fingerprint density at radius 2 is 1.85 bits per heavy atom. The van der Waals surface area contributed by atoms with E-state index in [4.69, 9.17) is 14.2 Å².